The van der Waals surface area contributed by atoms with E-state index in [1.165, 1.54) is 6.42 Å². The Morgan fingerprint density at radius 3 is 2.67 bits per heavy atom. The molecule has 1 aliphatic rings. The van der Waals surface area contributed by atoms with Crippen LogP contribution in [0.4, 0.5) is 4.79 Å². The molecule has 1 saturated carbocycles. The van der Waals surface area contributed by atoms with Crippen molar-refractivity contribution in [3.8, 4) is 0 Å². The minimum atomic E-state index is -0.381. The molecule has 24 heavy (non-hydrogen) atoms. The Hall–Kier alpha value is -1.40. The first-order valence-electron chi connectivity index (χ1n) is 8.48. The zero-order valence-electron chi connectivity index (χ0n) is 14.3. The molecule has 0 heterocycles. The zero-order valence-corrected chi connectivity index (χ0v) is 15.9. The number of carbonyl (C=O) groups is 2. The number of hydrogen-bond donors (Lipinski definition) is 2. The summed E-state index contributed by atoms with van der Waals surface area (Å²) in [6.45, 7) is 2.96. The molecule has 2 rings (SSSR count). The third-order valence-corrected chi connectivity index (χ3v) is 5.27. The van der Waals surface area contributed by atoms with Gasteiger partial charge in [-0.1, -0.05) is 53.9 Å². The second-order valence-electron chi connectivity index (χ2n) is 6.65. The van der Waals surface area contributed by atoms with Gasteiger partial charge in [-0.25, -0.2) is 4.79 Å². The van der Waals surface area contributed by atoms with E-state index in [0.29, 0.717) is 12.5 Å². The van der Waals surface area contributed by atoms with E-state index in [2.05, 4.69) is 33.5 Å². The van der Waals surface area contributed by atoms with Gasteiger partial charge in [-0.3, -0.25) is 15.0 Å². The fourth-order valence-electron chi connectivity index (χ4n) is 3.12. The number of benzene rings is 1. The lowest BCUT2D eigenvalue weighted by molar-refractivity contribution is -0.121. The Bertz CT molecular complexity index is 579. The summed E-state index contributed by atoms with van der Waals surface area (Å²) in [4.78, 5) is 25.9. The summed E-state index contributed by atoms with van der Waals surface area (Å²) in [7, 11) is 1.86. The summed E-state index contributed by atoms with van der Waals surface area (Å²) in [5.74, 6) is 0.184. The molecule has 5 nitrogen and oxygen atoms in total. The van der Waals surface area contributed by atoms with Crippen LogP contribution in [0.2, 0.25) is 0 Å². The van der Waals surface area contributed by atoms with Gasteiger partial charge in [0, 0.05) is 17.1 Å². The number of carbonyl (C=O) groups excluding carboxylic acids is 2. The SMILES string of the molecule is CC1CCCCC1NC(=O)NC(=O)CN(C)Cc1ccccc1Br. The van der Waals surface area contributed by atoms with Gasteiger partial charge in [0.2, 0.25) is 5.91 Å². The number of nitrogens with one attached hydrogen (secondary N) is 2. The van der Waals surface area contributed by atoms with Crippen LogP contribution in [0.5, 0.6) is 0 Å². The van der Waals surface area contributed by atoms with Crippen molar-refractivity contribution >= 4 is 27.9 Å². The lowest BCUT2D eigenvalue weighted by atomic mass is 9.86. The first-order valence-corrected chi connectivity index (χ1v) is 9.27. The second kappa shape index (κ2) is 9.18. The van der Waals surface area contributed by atoms with Gasteiger partial charge in [0.05, 0.1) is 6.54 Å². The van der Waals surface area contributed by atoms with Crippen LogP contribution in [0.25, 0.3) is 0 Å². The highest BCUT2D eigenvalue weighted by molar-refractivity contribution is 9.10. The molecule has 3 amide bonds. The molecule has 0 aromatic heterocycles. The van der Waals surface area contributed by atoms with Crippen LogP contribution >= 0.6 is 15.9 Å². The van der Waals surface area contributed by atoms with E-state index in [4.69, 9.17) is 0 Å². The molecule has 6 heteroatoms. The summed E-state index contributed by atoms with van der Waals surface area (Å²) in [5.41, 5.74) is 1.10. The Morgan fingerprint density at radius 1 is 1.25 bits per heavy atom. The normalized spacial score (nSPS) is 20.7. The maximum atomic E-state index is 12.0. The number of imide groups is 1. The van der Waals surface area contributed by atoms with Crippen LogP contribution in [0, 0.1) is 5.92 Å². The average molecular weight is 396 g/mol. The van der Waals surface area contributed by atoms with Crippen molar-refractivity contribution in [1.29, 1.82) is 0 Å². The van der Waals surface area contributed by atoms with Gasteiger partial charge in [-0.15, -0.1) is 0 Å². The van der Waals surface area contributed by atoms with Gasteiger partial charge < -0.3 is 5.32 Å². The molecule has 2 unspecified atom stereocenters. The van der Waals surface area contributed by atoms with Crippen LogP contribution in [-0.2, 0) is 11.3 Å². The number of hydrogen-bond acceptors (Lipinski definition) is 3. The van der Waals surface area contributed by atoms with Crippen molar-refractivity contribution in [3.63, 3.8) is 0 Å². The van der Waals surface area contributed by atoms with Crippen molar-refractivity contribution < 1.29 is 9.59 Å². The van der Waals surface area contributed by atoms with Crippen LogP contribution in [-0.4, -0.2) is 36.5 Å². The molecule has 0 radical (unpaired) electrons. The molecule has 2 atom stereocenters. The van der Waals surface area contributed by atoms with Crippen molar-refractivity contribution in [2.24, 2.45) is 5.92 Å². The lowest BCUT2D eigenvalue weighted by Crippen LogP contribution is -2.49. The quantitative estimate of drug-likeness (QED) is 0.803. The van der Waals surface area contributed by atoms with E-state index < -0.39 is 0 Å². The topological polar surface area (TPSA) is 61.4 Å². The molecular weight excluding hydrogens is 370 g/mol. The van der Waals surface area contributed by atoms with Gasteiger partial charge in [0.25, 0.3) is 0 Å². The summed E-state index contributed by atoms with van der Waals surface area (Å²) in [6.07, 6.45) is 4.48. The van der Waals surface area contributed by atoms with Gasteiger partial charge in [0.1, 0.15) is 0 Å². The minimum absolute atomic E-state index is 0.171. The van der Waals surface area contributed by atoms with Crippen LogP contribution in [0.1, 0.15) is 38.2 Å². The fraction of sp³-hybridized carbons (Fsp3) is 0.556. The highest BCUT2D eigenvalue weighted by Crippen LogP contribution is 2.23. The van der Waals surface area contributed by atoms with Crippen molar-refractivity contribution in [3.05, 3.63) is 34.3 Å². The van der Waals surface area contributed by atoms with Gasteiger partial charge >= 0.3 is 6.03 Å². The first-order chi connectivity index (χ1) is 11.5. The van der Waals surface area contributed by atoms with Crippen molar-refractivity contribution in [2.45, 2.75) is 45.2 Å². The monoisotopic (exact) mass is 395 g/mol. The Balaban J connectivity index is 1.75. The van der Waals surface area contributed by atoms with E-state index in [-0.39, 0.29) is 24.5 Å². The smallest absolute Gasteiger partial charge is 0.321 e. The average Bonchev–Trinajstić information content (AvgIpc) is 2.51. The summed E-state index contributed by atoms with van der Waals surface area (Å²) in [6, 6.07) is 7.69. The van der Waals surface area contributed by atoms with Crippen molar-refractivity contribution in [1.82, 2.24) is 15.5 Å². The molecule has 0 spiro atoms. The van der Waals surface area contributed by atoms with Crippen LogP contribution in [0.15, 0.2) is 28.7 Å². The van der Waals surface area contributed by atoms with Gasteiger partial charge in [-0.05, 0) is 37.4 Å². The molecule has 132 valence electrons. The van der Waals surface area contributed by atoms with Gasteiger partial charge in [0.15, 0.2) is 0 Å². The van der Waals surface area contributed by atoms with Gasteiger partial charge in [-0.2, -0.15) is 0 Å². The molecule has 0 saturated heterocycles. The number of nitrogens with zero attached hydrogens (tertiary/aromatic N) is 1. The fourth-order valence-corrected chi connectivity index (χ4v) is 3.53. The molecule has 2 N–H and O–H groups in total. The van der Waals surface area contributed by atoms with E-state index in [1.54, 1.807) is 0 Å². The standard InChI is InChI=1S/C18H26BrN3O2/c1-13-7-3-6-10-16(13)20-18(24)21-17(23)12-22(2)11-14-8-4-5-9-15(14)19/h4-5,8-9,13,16H,3,6-7,10-12H2,1-2H3,(H2,20,21,23,24). The minimum Gasteiger partial charge on any atom is -0.335 e. The zero-order chi connectivity index (χ0) is 17.5. The molecule has 1 aromatic carbocycles. The Kier molecular flexibility index (Phi) is 7.24. The molecule has 0 aliphatic heterocycles. The Morgan fingerprint density at radius 2 is 1.96 bits per heavy atom. The number of amides is 3. The van der Waals surface area contributed by atoms with E-state index in [9.17, 15) is 9.59 Å². The number of halogens is 1. The molecule has 1 fully saturated rings. The molecule has 0 bridgehead atoms. The highest BCUT2D eigenvalue weighted by atomic mass is 79.9. The van der Waals surface area contributed by atoms with Crippen LogP contribution in [0.3, 0.4) is 0 Å². The largest absolute Gasteiger partial charge is 0.335 e. The maximum absolute atomic E-state index is 12.0. The predicted molar refractivity (Wildman–Crippen MR) is 98.6 cm³/mol. The summed E-state index contributed by atoms with van der Waals surface area (Å²) in [5, 5.41) is 5.37. The first kappa shape index (κ1) is 18.9. The number of urea groups is 1. The number of likely N-dealkylation sites (N-methyl/N-ethyl adjacent to an activating group) is 1. The maximum Gasteiger partial charge on any atom is 0.321 e. The molecule has 1 aromatic rings. The van der Waals surface area contributed by atoms with Crippen LogP contribution < -0.4 is 10.6 Å². The lowest BCUT2D eigenvalue weighted by Gasteiger charge is -2.29. The highest BCUT2D eigenvalue weighted by Gasteiger charge is 2.23. The summed E-state index contributed by atoms with van der Waals surface area (Å²) < 4.78 is 1.02. The third-order valence-electron chi connectivity index (χ3n) is 4.49. The van der Waals surface area contributed by atoms with E-state index in [0.717, 1.165) is 29.3 Å². The van der Waals surface area contributed by atoms with Crippen molar-refractivity contribution in [2.75, 3.05) is 13.6 Å². The van der Waals surface area contributed by atoms with E-state index >= 15 is 0 Å². The third kappa shape index (κ3) is 5.91. The van der Waals surface area contributed by atoms with E-state index in [1.807, 2.05) is 36.2 Å². The number of rotatable bonds is 5. The second-order valence-corrected chi connectivity index (χ2v) is 7.51. The molecule has 1 aliphatic carbocycles. The molecular formula is C18H26BrN3O2. The predicted octanol–water partition coefficient (Wildman–Crippen LogP) is 3.29. The Labute approximate surface area is 152 Å². The summed E-state index contributed by atoms with van der Waals surface area (Å²) >= 11 is 3.50.